The second-order valence-corrected chi connectivity index (χ2v) is 5.98. The number of carbonyl (C=O) groups excluding carboxylic acids is 1. The average Bonchev–Trinajstić information content (AvgIpc) is 2.50. The molecule has 1 N–H and O–H groups in total. The van der Waals surface area contributed by atoms with E-state index in [0.29, 0.717) is 28.5 Å². The van der Waals surface area contributed by atoms with Gasteiger partial charge < -0.3 is 9.72 Å². The number of benzene rings is 1. The lowest BCUT2D eigenvalue weighted by Crippen LogP contribution is -2.18. The predicted octanol–water partition coefficient (Wildman–Crippen LogP) is 3.36. The van der Waals surface area contributed by atoms with Gasteiger partial charge >= 0.3 is 5.97 Å². The number of aromatic nitrogens is 1. The molecule has 0 aliphatic carbocycles. The molecule has 124 valence electrons. The highest BCUT2D eigenvalue weighted by Crippen LogP contribution is 2.26. The van der Waals surface area contributed by atoms with Crippen LogP contribution in [0.4, 0.5) is 0 Å². The van der Waals surface area contributed by atoms with Crippen molar-refractivity contribution < 1.29 is 9.53 Å². The Kier molecular flexibility index (Phi) is 5.42. The molecule has 0 unspecified atom stereocenters. The molecule has 5 nitrogen and oxygen atoms in total. The highest BCUT2D eigenvalue weighted by molar-refractivity contribution is 6.32. The van der Waals surface area contributed by atoms with Crippen molar-refractivity contribution in [3.63, 3.8) is 0 Å². The zero-order valence-corrected chi connectivity index (χ0v) is 14.5. The number of nitrogens with one attached hydrogen (secondary N) is 1. The van der Waals surface area contributed by atoms with Crippen molar-refractivity contribution in [2.45, 2.75) is 33.6 Å². The number of aryl methyl sites for hydroxylation is 2. The fourth-order valence-electron chi connectivity index (χ4n) is 2.51. The van der Waals surface area contributed by atoms with Crippen LogP contribution in [0.2, 0.25) is 5.02 Å². The number of aromatic amines is 1. The van der Waals surface area contributed by atoms with Gasteiger partial charge in [-0.15, -0.1) is 0 Å². The van der Waals surface area contributed by atoms with E-state index in [0.717, 1.165) is 11.1 Å². The number of nitrogens with zero attached hydrogens (tertiary/aromatic N) is 1. The third-order valence-corrected chi connectivity index (χ3v) is 4.12. The molecule has 2 aromatic rings. The molecule has 0 saturated carbocycles. The average molecular weight is 345 g/mol. The normalized spacial score (nSPS) is 10.3. The minimum absolute atomic E-state index is 0.0747. The van der Waals surface area contributed by atoms with E-state index >= 15 is 0 Å². The molecule has 0 aliphatic rings. The van der Waals surface area contributed by atoms with Gasteiger partial charge in [0.15, 0.2) is 0 Å². The van der Waals surface area contributed by atoms with E-state index in [-0.39, 0.29) is 12.0 Å². The monoisotopic (exact) mass is 344 g/mol. The van der Waals surface area contributed by atoms with Gasteiger partial charge in [0, 0.05) is 5.69 Å². The summed E-state index contributed by atoms with van der Waals surface area (Å²) in [6.45, 7) is 5.33. The predicted molar refractivity (Wildman–Crippen MR) is 91.4 cm³/mol. The van der Waals surface area contributed by atoms with Gasteiger partial charge in [0.2, 0.25) is 0 Å². The third kappa shape index (κ3) is 3.84. The maximum atomic E-state index is 12.1. The van der Waals surface area contributed by atoms with Crippen LogP contribution in [0.1, 0.15) is 34.4 Å². The number of halogens is 1. The molecule has 0 amide bonds. The highest BCUT2D eigenvalue weighted by Gasteiger charge is 2.15. The van der Waals surface area contributed by atoms with Crippen molar-refractivity contribution in [2.75, 3.05) is 0 Å². The number of H-pyrrole nitrogens is 1. The van der Waals surface area contributed by atoms with E-state index in [9.17, 15) is 9.59 Å². The van der Waals surface area contributed by atoms with Gasteiger partial charge in [0.25, 0.3) is 5.56 Å². The Balaban J connectivity index is 2.14. The molecule has 1 aromatic heterocycles. The second kappa shape index (κ2) is 7.33. The Bertz CT molecular complexity index is 894. The van der Waals surface area contributed by atoms with Crippen molar-refractivity contribution >= 4 is 17.6 Å². The lowest BCUT2D eigenvalue weighted by Gasteiger charge is -2.11. The van der Waals surface area contributed by atoms with Crippen LogP contribution < -0.4 is 10.3 Å². The first kappa shape index (κ1) is 17.8. The Labute approximate surface area is 144 Å². The molecule has 0 fully saturated rings. The summed E-state index contributed by atoms with van der Waals surface area (Å²) in [6.07, 6.45) is 0.480. The van der Waals surface area contributed by atoms with Crippen LogP contribution in [0.3, 0.4) is 0 Å². The van der Waals surface area contributed by atoms with E-state index in [1.54, 1.807) is 26.0 Å². The zero-order chi connectivity index (χ0) is 17.9. The van der Waals surface area contributed by atoms with E-state index in [4.69, 9.17) is 21.6 Å². The second-order valence-electron chi connectivity index (χ2n) is 5.58. The SMILES string of the molecule is Cc1ccc(Cl)c(OC(=O)CCc2c(C)[nH]c(=O)c(C#N)c2C)c1. The molecule has 0 saturated heterocycles. The van der Waals surface area contributed by atoms with Crippen molar-refractivity contribution in [3.05, 3.63) is 61.5 Å². The maximum Gasteiger partial charge on any atom is 0.311 e. The standard InChI is InChI=1S/C18H17ClN2O3/c1-10-4-6-15(19)16(8-10)24-17(22)7-5-13-11(2)14(9-20)18(23)21-12(13)3/h4,6,8H,5,7H2,1-3H3,(H,21,23). The summed E-state index contributed by atoms with van der Waals surface area (Å²) < 4.78 is 5.30. The van der Waals surface area contributed by atoms with E-state index in [1.807, 2.05) is 19.1 Å². The maximum absolute atomic E-state index is 12.1. The zero-order valence-electron chi connectivity index (χ0n) is 13.7. The first-order chi connectivity index (χ1) is 11.3. The molecule has 2 rings (SSSR count). The number of nitriles is 1. The van der Waals surface area contributed by atoms with E-state index in [2.05, 4.69) is 4.98 Å². The summed E-state index contributed by atoms with van der Waals surface area (Å²) in [5, 5.41) is 9.44. The van der Waals surface area contributed by atoms with Gasteiger partial charge in [0.05, 0.1) is 11.4 Å². The molecule has 1 aromatic carbocycles. The minimum atomic E-state index is -0.425. The molecule has 1 heterocycles. The quantitative estimate of drug-likeness (QED) is 0.681. The van der Waals surface area contributed by atoms with E-state index < -0.39 is 11.5 Å². The van der Waals surface area contributed by atoms with Crippen LogP contribution >= 0.6 is 11.6 Å². The summed E-state index contributed by atoms with van der Waals surface area (Å²) in [4.78, 5) is 26.4. The fourth-order valence-corrected chi connectivity index (χ4v) is 2.67. The van der Waals surface area contributed by atoms with Gasteiger partial charge in [-0.25, -0.2) is 0 Å². The lowest BCUT2D eigenvalue weighted by molar-refractivity contribution is -0.134. The number of pyridine rings is 1. The third-order valence-electron chi connectivity index (χ3n) is 3.81. The topological polar surface area (TPSA) is 83.0 Å². The molecule has 6 heteroatoms. The number of ether oxygens (including phenoxy) is 1. The van der Waals surface area contributed by atoms with Crippen LogP contribution in [0.15, 0.2) is 23.0 Å². The summed E-state index contributed by atoms with van der Waals surface area (Å²) in [6, 6.07) is 7.10. The Morgan fingerprint density at radius 2 is 2.04 bits per heavy atom. The number of hydrogen-bond donors (Lipinski definition) is 1. The Morgan fingerprint density at radius 1 is 1.33 bits per heavy atom. The van der Waals surface area contributed by atoms with Crippen LogP contribution in [0.5, 0.6) is 5.75 Å². The number of hydrogen-bond acceptors (Lipinski definition) is 4. The van der Waals surface area contributed by atoms with Crippen LogP contribution in [-0.4, -0.2) is 11.0 Å². The lowest BCUT2D eigenvalue weighted by atomic mass is 9.99. The van der Waals surface area contributed by atoms with Gasteiger partial charge in [-0.3, -0.25) is 9.59 Å². The number of rotatable bonds is 4. The summed E-state index contributed by atoms with van der Waals surface area (Å²) in [7, 11) is 0. The molecule has 0 aliphatic heterocycles. The number of esters is 1. The van der Waals surface area contributed by atoms with Crippen molar-refractivity contribution in [1.82, 2.24) is 4.98 Å². The van der Waals surface area contributed by atoms with E-state index in [1.165, 1.54) is 0 Å². The van der Waals surface area contributed by atoms with Crippen LogP contribution in [0, 0.1) is 32.1 Å². The Morgan fingerprint density at radius 3 is 2.71 bits per heavy atom. The molecule has 0 radical (unpaired) electrons. The molecule has 0 atom stereocenters. The van der Waals surface area contributed by atoms with Crippen molar-refractivity contribution in [3.8, 4) is 11.8 Å². The minimum Gasteiger partial charge on any atom is -0.425 e. The van der Waals surface area contributed by atoms with Crippen LogP contribution in [0.25, 0.3) is 0 Å². The summed E-state index contributed by atoms with van der Waals surface area (Å²) in [5.41, 5.74) is 2.63. The molecular weight excluding hydrogens is 328 g/mol. The molecular formula is C18H17ClN2O3. The van der Waals surface area contributed by atoms with Gasteiger partial charge in [-0.1, -0.05) is 17.7 Å². The van der Waals surface area contributed by atoms with Gasteiger partial charge in [-0.05, 0) is 56.0 Å². The Hall–Kier alpha value is -2.58. The smallest absolute Gasteiger partial charge is 0.311 e. The fraction of sp³-hybridized carbons (Fsp3) is 0.278. The van der Waals surface area contributed by atoms with Gasteiger partial charge in [0.1, 0.15) is 17.4 Å². The van der Waals surface area contributed by atoms with Crippen molar-refractivity contribution in [1.29, 1.82) is 5.26 Å². The van der Waals surface area contributed by atoms with Crippen molar-refractivity contribution in [2.24, 2.45) is 0 Å². The van der Waals surface area contributed by atoms with Crippen LogP contribution in [-0.2, 0) is 11.2 Å². The van der Waals surface area contributed by atoms with Gasteiger partial charge in [-0.2, -0.15) is 5.26 Å². The first-order valence-corrected chi connectivity index (χ1v) is 7.80. The molecule has 24 heavy (non-hydrogen) atoms. The largest absolute Gasteiger partial charge is 0.425 e. The summed E-state index contributed by atoms with van der Waals surface area (Å²) >= 11 is 6.01. The first-order valence-electron chi connectivity index (χ1n) is 7.42. The molecule has 0 bridgehead atoms. The highest BCUT2D eigenvalue weighted by atomic mass is 35.5. The molecule has 0 spiro atoms. The number of carbonyl (C=O) groups is 1. The summed E-state index contributed by atoms with van der Waals surface area (Å²) in [5.74, 6) is -0.0969.